The first kappa shape index (κ1) is 11.2. The van der Waals surface area contributed by atoms with Gasteiger partial charge in [-0.3, -0.25) is 0 Å². The molecule has 0 saturated heterocycles. The molecule has 0 atom stereocenters. The summed E-state index contributed by atoms with van der Waals surface area (Å²) in [6.07, 6.45) is 1.81. The van der Waals surface area contributed by atoms with Gasteiger partial charge in [-0.05, 0) is 24.5 Å². The average molecular weight is 226 g/mol. The molecular weight excluding hydrogens is 211 g/mol. The number of hydrogen-bond acceptors (Lipinski definition) is 3. The van der Waals surface area contributed by atoms with Crippen molar-refractivity contribution in [2.75, 3.05) is 14.2 Å². The molecule has 0 aromatic heterocycles. The van der Waals surface area contributed by atoms with Crippen molar-refractivity contribution in [3.8, 4) is 11.5 Å². The molecule has 1 aliphatic rings. The van der Waals surface area contributed by atoms with E-state index in [4.69, 9.17) is 9.47 Å². The van der Waals surface area contributed by atoms with Crippen molar-refractivity contribution in [3.63, 3.8) is 0 Å². The molecule has 2 rings (SSSR count). The summed E-state index contributed by atoms with van der Waals surface area (Å²) in [5.41, 5.74) is -0.238. The summed E-state index contributed by atoms with van der Waals surface area (Å²) >= 11 is 0. The minimum absolute atomic E-state index is 0.101. The van der Waals surface area contributed by atoms with Crippen molar-refractivity contribution in [2.45, 2.75) is 24.9 Å². The van der Waals surface area contributed by atoms with Crippen LogP contribution in [0.3, 0.4) is 0 Å². The minimum atomic E-state index is -0.708. The Balaban J connectivity index is 2.32. The molecule has 4 heteroatoms. The van der Waals surface area contributed by atoms with E-state index < -0.39 is 11.4 Å². The lowest BCUT2D eigenvalue weighted by Gasteiger charge is -2.13. The van der Waals surface area contributed by atoms with E-state index in [1.807, 2.05) is 0 Å². The molecule has 3 nitrogen and oxygen atoms in total. The van der Waals surface area contributed by atoms with Gasteiger partial charge in [0.15, 0.2) is 17.3 Å². The quantitative estimate of drug-likeness (QED) is 0.852. The number of hydrogen-bond donors (Lipinski definition) is 1. The van der Waals surface area contributed by atoms with E-state index in [0.29, 0.717) is 17.7 Å². The van der Waals surface area contributed by atoms with Gasteiger partial charge in [-0.1, -0.05) is 6.07 Å². The summed E-state index contributed by atoms with van der Waals surface area (Å²) in [4.78, 5) is 0. The van der Waals surface area contributed by atoms with Crippen LogP contribution in [0.5, 0.6) is 11.5 Å². The maximum absolute atomic E-state index is 14.0. The predicted octanol–water partition coefficient (Wildman–Crippen LogP) is 1.91. The first-order valence-corrected chi connectivity index (χ1v) is 5.21. The van der Waals surface area contributed by atoms with Gasteiger partial charge in [0.25, 0.3) is 0 Å². The molecular formula is C12H15FO3. The Morgan fingerprint density at radius 2 is 2.00 bits per heavy atom. The van der Waals surface area contributed by atoms with Crippen LogP contribution in [0.4, 0.5) is 4.39 Å². The van der Waals surface area contributed by atoms with Crippen molar-refractivity contribution in [1.82, 2.24) is 0 Å². The van der Waals surface area contributed by atoms with Crippen molar-refractivity contribution in [1.29, 1.82) is 0 Å². The van der Waals surface area contributed by atoms with Crippen molar-refractivity contribution >= 4 is 0 Å². The zero-order valence-electron chi connectivity index (χ0n) is 9.42. The molecule has 0 aliphatic heterocycles. The van der Waals surface area contributed by atoms with Crippen molar-refractivity contribution < 1.29 is 19.0 Å². The van der Waals surface area contributed by atoms with Gasteiger partial charge >= 0.3 is 0 Å². The van der Waals surface area contributed by atoms with E-state index in [1.54, 1.807) is 12.1 Å². The lowest BCUT2D eigenvalue weighted by atomic mass is 10.1. The summed E-state index contributed by atoms with van der Waals surface area (Å²) in [5, 5.41) is 9.76. The fourth-order valence-corrected chi connectivity index (χ4v) is 1.74. The van der Waals surface area contributed by atoms with Crippen molar-refractivity contribution in [2.24, 2.45) is 0 Å². The number of benzene rings is 1. The topological polar surface area (TPSA) is 38.7 Å². The first-order chi connectivity index (χ1) is 7.59. The first-order valence-electron chi connectivity index (χ1n) is 5.21. The highest BCUT2D eigenvalue weighted by atomic mass is 19.1. The molecule has 1 aromatic carbocycles. The molecule has 0 spiro atoms. The fourth-order valence-electron chi connectivity index (χ4n) is 1.74. The second-order valence-electron chi connectivity index (χ2n) is 4.18. The molecule has 0 radical (unpaired) electrons. The largest absolute Gasteiger partial charge is 0.493 e. The summed E-state index contributed by atoms with van der Waals surface area (Å²) in [6, 6.07) is 3.29. The highest BCUT2D eigenvalue weighted by Gasteiger charge is 2.41. The third-order valence-electron chi connectivity index (χ3n) is 2.91. The zero-order chi connectivity index (χ0) is 11.8. The van der Waals surface area contributed by atoms with Crippen LogP contribution in [0.15, 0.2) is 12.1 Å². The summed E-state index contributed by atoms with van der Waals surface area (Å²) in [7, 11) is 2.86. The number of halogens is 1. The fraction of sp³-hybridized carbons (Fsp3) is 0.500. The Kier molecular flexibility index (Phi) is 2.76. The van der Waals surface area contributed by atoms with Crippen LogP contribution in [0.2, 0.25) is 0 Å². The second kappa shape index (κ2) is 3.94. The molecule has 0 heterocycles. The SMILES string of the molecule is COc1ccc(CC2(O)CC2)c(F)c1OC. The highest BCUT2D eigenvalue weighted by Crippen LogP contribution is 2.41. The van der Waals surface area contributed by atoms with Crippen molar-refractivity contribution in [3.05, 3.63) is 23.5 Å². The Bertz CT molecular complexity index is 399. The van der Waals surface area contributed by atoms with E-state index in [9.17, 15) is 9.50 Å². The summed E-state index contributed by atoms with van der Waals surface area (Å²) in [6.45, 7) is 0. The van der Waals surface area contributed by atoms with Gasteiger partial charge in [-0.15, -0.1) is 0 Å². The van der Waals surface area contributed by atoms with Gasteiger partial charge in [0.05, 0.1) is 19.8 Å². The number of ether oxygens (including phenoxy) is 2. The Morgan fingerprint density at radius 3 is 2.50 bits per heavy atom. The molecule has 0 amide bonds. The molecule has 1 aliphatic carbocycles. The van der Waals surface area contributed by atoms with E-state index in [1.165, 1.54) is 14.2 Å². The normalized spacial score (nSPS) is 17.0. The van der Waals surface area contributed by atoms with E-state index >= 15 is 0 Å². The zero-order valence-corrected chi connectivity index (χ0v) is 9.42. The maximum atomic E-state index is 14.0. The van der Waals surface area contributed by atoms with Crippen LogP contribution in [-0.2, 0) is 6.42 Å². The van der Waals surface area contributed by atoms with Gasteiger partial charge in [-0.25, -0.2) is 4.39 Å². The van der Waals surface area contributed by atoms with Crippen LogP contribution in [0, 0.1) is 5.82 Å². The Morgan fingerprint density at radius 1 is 1.31 bits per heavy atom. The van der Waals surface area contributed by atoms with E-state index in [0.717, 1.165) is 12.8 Å². The molecule has 1 saturated carbocycles. The van der Waals surface area contributed by atoms with Crippen LogP contribution < -0.4 is 9.47 Å². The lowest BCUT2D eigenvalue weighted by molar-refractivity contribution is 0.149. The predicted molar refractivity (Wildman–Crippen MR) is 57.4 cm³/mol. The Hall–Kier alpha value is -1.29. The molecule has 1 aromatic rings. The van der Waals surface area contributed by atoms with E-state index in [2.05, 4.69) is 0 Å². The van der Waals surface area contributed by atoms with Crippen LogP contribution in [-0.4, -0.2) is 24.9 Å². The minimum Gasteiger partial charge on any atom is -0.493 e. The average Bonchev–Trinajstić information content (AvgIpc) is 2.99. The highest BCUT2D eigenvalue weighted by molar-refractivity contribution is 5.45. The van der Waals surface area contributed by atoms with Crippen LogP contribution in [0.1, 0.15) is 18.4 Å². The summed E-state index contributed by atoms with van der Waals surface area (Å²) in [5.74, 6) is 0.0259. The van der Waals surface area contributed by atoms with Crippen LogP contribution >= 0.6 is 0 Å². The lowest BCUT2D eigenvalue weighted by Crippen LogP contribution is -2.12. The van der Waals surface area contributed by atoms with Crippen LogP contribution in [0.25, 0.3) is 0 Å². The van der Waals surface area contributed by atoms with Gasteiger partial charge in [0.1, 0.15) is 0 Å². The molecule has 1 fully saturated rings. The van der Waals surface area contributed by atoms with Gasteiger partial charge in [0, 0.05) is 6.42 Å². The summed E-state index contributed by atoms with van der Waals surface area (Å²) < 4.78 is 23.9. The smallest absolute Gasteiger partial charge is 0.197 e. The number of aliphatic hydroxyl groups is 1. The second-order valence-corrected chi connectivity index (χ2v) is 4.18. The van der Waals surface area contributed by atoms with Gasteiger partial charge in [-0.2, -0.15) is 0 Å². The van der Waals surface area contributed by atoms with E-state index in [-0.39, 0.29) is 5.75 Å². The molecule has 88 valence electrons. The number of methoxy groups -OCH3 is 2. The standard InChI is InChI=1S/C12H15FO3/c1-15-9-4-3-8(7-12(14)5-6-12)10(13)11(9)16-2/h3-4,14H,5-7H2,1-2H3. The molecule has 1 N–H and O–H groups in total. The molecule has 0 bridgehead atoms. The van der Waals surface area contributed by atoms with Gasteiger partial charge in [0.2, 0.25) is 0 Å². The maximum Gasteiger partial charge on any atom is 0.197 e. The monoisotopic (exact) mass is 226 g/mol. The Labute approximate surface area is 93.8 Å². The van der Waals surface area contributed by atoms with Gasteiger partial charge < -0.3 is 14.6 Å². The third kappa shape index (κ3) is 1.97. The third-order valence-corrected chi connectivity index (χ3v) is 2.91. The molecule has 16 heavy (non-hydrogen) atoms. The number of rotatable bonds is 4. The molecule has 0 unspecified atom stereocenters.